The number of halogens is 3. The molecule has 1 saturated heterocycles. The van der Waals surface area contributed by atoms with Crippen molar-refractivity contribution in [1.82, 2.24) is 5.48 Å². The van der Waals surface area contributed by atoms with Gasteiger partial charge < -0.3 is 0 Å². The van der Waals surface area contributed by atoms with Crippen LogP contribution >= 0.6 is 27.5 Å². The molecule has 2 nitrogen and oxygen atoms in total. The average Bonchev–Trinajstić information content (AvgIpc) is 2.98. The summed E-state index contributed by atoms with van der Waals surface area (Å²) in [5.41, 5.74) is 2.84. The molecular weight excluding hydrogens is 296 g/mol. The van der Waals surface area contributed by atoms with E-state index in [-0.39, 0.29) is 12.0 Å². The van der Waals surface area contributed by atoms with Crippen molar-refractivity contribution in [3.8, 4) is 0 Å². The van der Waals surface area contributed by atoms with Crippen molar-refractivity contribution in [1.29, 1.82) is 0 Å². The summed E-state index contributed by atoms with van der Waals surface area (Å²) in [7, 11) is 0. The van der Waals surface area contributed by atoms with Crippen LogP contribution in [0.5, 0.6) is 0 Å². The van der Waals surface area contributed by atoms with Crippen molar-refractivity contribution in [3.05, 3.63) is 33.3 Å². The first-order valence-electron chi connectivity index (χ1n) is 5.12. The molecule has 1 heterocycles. The van der Waals surface area contributed by atoms with Crippen LogP contribution in [0, 0.1) is 5.92 Å². The maximum Gasteiger partial charge on any atom is 0.114 e. The smallest absolute Gasteiger partial charge is 0.114 e. The van der Waals surface area contributed by atoms with Crippen molar-refractivity contribution in [2.24, 2.45) is 5.92 Å². The van der Waals surface area contributed by atoms with Gasteiger partial charge >= 0.3 is 0 Å². The molecule has 16 heavy (non-hydrogen) atoms. The van der Waals surface area contributed by atoms with Crippen LogP contribution < -0.4 is 5.48 Å². The molecule has 0 amide bonds. The molecule has 1 saturated carbocycles. The standard InChI is InChI=1S/C11H10BrClFNO/c12-6-1-2-9(13)7(3-6)11(5-14)8-4-10(8)16-15-11/h1-3,8,10,15H,4-5H2. The van der Waals surface area contributed by atoms with E-state index in [1.165, 1.54) is 0 Å². The summed E-state index contributed by atoms with van der Waals surface area (Å²) in [6.45, 7) is -0.510. The first kappa shape index (κ1) is 11.0. The lowest BCUT2D eigenvalue weighted by molar-refractivity contribution is 0.00844. The van der Waals surface area contributed by atoms with Crippen molar-refractivity contribution < 1.29 is 9.23 Å². The number of nitrogens with one attached hydrogen (secondary N) is 1. The minimum Gasteiger partial charge on any atom is -0.297 e. The second-order valence-corrected chi connectivity index (χ2v) is 5.65. The highest BCUT2D eigenvalue weighted by molar-refractivity contribution is 9.10. The van der Waals surface area contributed by atoms with E-state index in [2.05, 4.69) is 21.4 Å². The number of alkyl halides is 1. The Kier molecular flexibility index (Phi) is 2.51. The number of fused-ring (bicyclic) bond motifs is 1. The second-order valence-electron chi connectivity index (χ2n) is 4.33. The second kappa shape index (κ2) is 3.67. The maximum atomic E-state index is 13.4. The molecule has 1 aliphatic carbocycles. The number of hydroxylamine groups is 1. The highest BCUT2D eigenvalue weighted by Crippen LogP contribution is 2.54. The Hall–Kier alpha value is -0.160. The van der Waals surface area contributed by atoms with E-state index in [1.54, 1.807) is 6.07 Å². The predicted molar refractivity (Wildman–Crippen MR) is 62.9 cm³/mol. The third-order valence-corrected chi connectivity index (χ3v) is 4.20. The van der Waals surface area contributed by atoms with Gasteiger partial charge in [-0.25, -0.2) is 4.39 Å². The van der Waals surface area contributed by atoms with E-state index >= 15 is 0 Å². The van der Waals surface area contributed by atoms with Gasteiger partial charge in [0.2, 0.25) is 0 Å². The largest absolute Gasteiger partial charge is 0.297 e. The first-order valence-corrected chi connectivity index (χ1v) is 6.29. The molecule has 0 aromatic heterocycles. The number of benzene rings is 1. The molecule has 3 rings (SSSR count). The van der Waals surface area contributed by atoms with Gasteiger partial charge in [-0.2, -0.15) is 5.48 Å². The SMILES string of the molecule is FCC1(c2cc(Br)ccc2Cl)NOC2CC21. The third kappa shape index (κ3) is 1.44. The molecule has 86 valence electrons. The van der Waals surface area contributed by atoms with Crippen LogP contribution in [0.2, 0.25) is 5.02 Å². The van der Waals surface area contributed by atoms with Gasteiger partial charge in [0.15, 0.2) is 0 Å². The zero-order valence-corrected chi connectivity index (χ0v) is 10.7. The summed E-state index contributed by atoms with van der Waals surface area (Å²) >= 11 is 9.53. The summed E-state index contributed by atoms with van der Waals surface area (Å²) < 4.78 is 14.3. The third-order valence-electron chi connectivity index (χ3n) is 3.38. The molecule has 0 spiro atoms. The fourth-order valence-corrected chi connectivity index (χ4v) is 3.02. The quantitative estimate of drug-likeness (QED) is 0.906. The van der Waals surface area contributed by atoms with E-state index in [9.17, 15) is 4.39 Å². The van der Waals surface area contributed by atoms with E-state index < -0.39 is 12.2 Å². The van der Waals surface area contributed by atoms with Gasteiger partial charge in [-0.05, 0) is 30.2 Å². The van der Waals surface area contributed by atoms with Gasteiger partial charge in [0.1, 0.15) is 12.2 Å². The van der Waals surface area contributed by atoms with Crippen LogP contribution in [0.25, 0.3) is 0 Å². The average molecular weight is 307 g/mol. The molecule has 0 bridgehead atoms. The Morgan fingerprint density at radius 1 is 1.62 bits per heavy atom. The van der Waals surface area contributed by atoms with Gasteiger partial charge in [0, 0.05) is 15.4 Å². The Morgan fingerprint density at radius 2 is 2.44 bits per heavy atom. The molecule has 0 radical (unpaired) electrons. The summed E-state index contributed by atoms with van der Waals surface area (Å²) in [5, 5.41) is 0.574. The van der Waals surface area contributed by atoms with E-state index in [1.807, 2.05) is 12.1 Å². The van der Waals surface area contributed by atoms with Crippen LogP contribution in [-0.2, 0) is 10.4 Å². The van der Waals surface area contributed by atoms with Crippen LogP contribution in [0.15, 0.2) is 22.7 Å². The molecule has 1 aliphatic heterocycles. The molecule has 3 atom stereocenters. The van der Waals surface area contributed by atoms with Gasteiger partial charge in [0.25, 0.3) is 0 Å². The zero-order chi connectivity index (χ0) is 11.3. The van der Waals surface area contributed by atoms with Gasteiger partial charge in [-0.3, -0.25) is 4.84 Å². The number of hydrogen-bond acceptors (Lipinski definition) is 2. The summed E-state index contributed by atoms with van der Waals surface area (Å²) in [6, 6.07) is 5.48. The normalized spacial score (nSPS) is 36.2. The number of rotatable bonds is 2. The monoisotopic (exact) mass is 305 g/mol. The van der Waals surface area contributed by atoms with Crippen molar-refractivity contribution in [2.45, 2.75) is 18.1 Å². The molecule has 2 fully saturated rings. The lowest BCUT2D eigenvalue weighted by Crippen LogP contribution is -2.42. The fraction of sp³-hybridized carbons (Fsp3) is 0.455. The van der Waals surface area contributed by atoms with Crippen molar-refractivity contribution in [3.63, 3.8) is 0 Å². The summed E-state index contributed by atoms with van der Waals surface area (Å²) in [4.78, 5) is 5.32. The van der Waals surface area contributed by atoms with Crippen LogP contribution in [0.1, 0.15) is 12.0 Å². The van der Waals surface area contributed by atoms with Gasteiger partial charge in [-0.1, -0.05) is 27.5 Å². The van der Waals surface area contributed by atoms with Crippen LogP contribution in [-0.4, -0.2) is 12.8 Å². The Morgan fingerprint density at radius 3 is 3.00 bits per heavy atom. The van der Waals surface area contributed by atoms with Crippen molar-refractivity contribution in [2.75, 3.05) is 6.67 Å². The van der Waals surface area contributed by atoms with Crippen LogP contribution in [0.3, 0.4) is 0 Å². The van der Waals surface area contributed by atoms with Crippen LogP contribution in [0.4, 0.5) is 4.39 Å². The molecule has 2 aliphatic rings. The lowest BCUT2D eigenvalue weighted by atomic mass is 9.87. The highest BCUT2D eigenvalue weighted by Gasteiger charge is 2.61. The van der Waals surface area contributed by atoms with Gasteiger partial charge in [-0.15, -0.1) is 0 Å². The van der Waals surface area contributed by atoms with Gasteiger partial charge in [0.05, 0.1) is 6.10 Å². The molecule has 1 N–H and O–H groups in total. The number of hydrogen-bond donors (Lipinski definition) is 1. The van der Waals surface area contributed by atoms with E-state index in [0.717, 1.165) is 16.5 Å². The van der Waals surface area contributed by atoms with E-state index in [4.69, 9.17) is 16.4 Å². The Labute approximate surface area is 106 Å². The lowest BCUT2D eigenvalue weighted by Gasteiger charge is -2.28. The predicted octanol–water partition coefficient (Wildman–Crippen LogP) is 3.19. The molecule has 1 aromatic carbocycles. The van der Waals surface area contributed by atoms with Crippen molar-refractivity contribution >= 4 is 27.5 Å². The topological polar surface area (TPSA) is 21.3 Å². The molecule has 5 heteroatoms. The minimum atomic E-state index is -0.758. The maximum absolute atomic E-state index is 13.4. The fourth-order valence-electron chi connectivity index (χ4n) is 2.37. The molecule has 1 aromatic rings. The zero-order valence-electron chi connectivity index (χ0n) is 8.34. The molecule has 3 unspecified atom stereocenters. The summed E-state index contributed by atoms with van der Waals surface area (Å²) in [5.74, 6) is 0.198. The molecular formula is C11H10BrClFNO. The highest BCUT2D eigenvalue weighted by atomic mass is 79.9. The Balaban J connectivity index is 2.09. The Bertz CT molecular complexity index is 444. The van der Waals surface area contributed by atoms with E-state index in [0.29, 0.717) is 5.02 Å². The first-order chi connectivity index (χ1) is 7.67. The summed E-state index contributed by atoms with van der Waals surface area (Å²) in [6.07, 6.45) is 1.05. The minimum absolute atomic E-state index is 0.144.